The molecule has 7 heteroatoms. The molecule has 1 fully saturated rings. The maximum absolute atomic E-state index is 10.6. The maximum Gasteiger partial charge on any atom is 0.269 e. The van der Waals surface area contributed by atoms with Crippen LogP contribution in [-0.2, 0) is 0 Å². The van der Waals surface area contributed by atoms with E-state index in [0.29, 0.717) is 23.0 Å². The van der Waals surface area contributed by atoms with E-state index in [0.717, 1.165) is 12.0 Å². The zero-order valence-electron chi connectivity index (χ0n) is 11.8. The lowest BCUT2D eigenvalue weighted by molar-refractivity contribution is -0.384. The first kappa shape index (κ1) is 14.6. The van der Waals surface area contributed by atoms with Crippen molar-refractivity contribution in [3.63, 3.8) is 0 Å². The number of allylic oxidation sites excluding steroid dienone is 1. The van der Waals surface area contributed by atoms with Gasteiger partial charge in [0.15, 0.2) is 5.11 Å². The van der Waals surface area contributed by atoms with Gasteiger partial charge in [0.25, 0.3) is 5.69 Å². The first-order valence-electron chi connectivity index (χ1n) is 7.14. The van der Waals surface area contributed by atoms with Gasteiger partial charge in [-0.15, -0.1) is 0 Å². The minimum Gasteiger partial charge on any atom is -0.358 e. The second-order valence-electron chi connectivity index (χ2n) is 5.58. The number of nitrogens with one attached hydrogen (secondary N) is 2. The third-order valence-electron chi connectivity index (χ3n) is 4.08. The number of non-ortho nitro benzene ring substituents is 1. The minimum atomic E-state index is -0.429. The Labute approximate surface area is 133 Å². The molecule has 1 aromatic carbocycles. The molecule has 1 aromatic rings. The number of thiocarbonyl (C=S) groups is 1. The van der Waals surface area contributed by atoms with Crippen molar-refractivity contribution < 1.29 is 4.92 Å². The van der Waals surface area contributed by atoms with Crippen molar-refractivity contribution in [2.24, 2.45) is 16.9 Å². The van der Waals surface area contributed by atoms with Crippen LogP contribution in [0.1, 0.15) is 18.4 Å². The van der Waals surface area contributed by atoms with Crippen molar-refractivity contribution in [2.75, 3.05) is 0 Å². The van der Waals surface area contributed by atoms with E-state index in [4.69, 9.17) is 12.2 Å². The molecule has 22 heavy (non-hydrogen) atoms. The fraction of sp³-hybridized carbons (Fsp3) is 0.333. The Balaban J connectivity index is 1.48. The van der Waals surface area contributed by atoms with Crippen molar-refractivity contribution >= 4 is 29.2 Å². The number of hydrogen-bond donors (Lipinski definition) is 2. The number of hydrazone groups is 1. The summed E-state index contributed by atoms with van der Waals surface area (Å²) in [6, 6.07) is 6.56. The molecule has 2 aliphatic rings. The van der Waals surface area contributed by atoms with Crippen molar-refractivity contribution in [1.82, 2.24) is 10.7 Å². The summed E-state index contributed by atoms with van der Waals surface area (Å²) in [5.41, 5.74) is 3.62. The van der Waals surface area contributed by atoms with Gasteiger partial charge in [-0.05, 0) is 54.6 Å². The topological polar surface area (TPSA) is 79.6 Å². The molecule has 6 nitrogen and oxygen atoms in total. The molecular weight excluding hydrogens is 300 g/mol. The minimum absolute atomic E-state index is 0.0617. The van der Waals surface area contributed by atoms with Gasteiger partial charge in [0, 0.05) is 18.2 Å². The molecular formula is C15H16N4O2S. The van der Waals surface area contributed by atoms with Gasteiger partial charge in [-0.1, -0.05) is 12.2 Å². The SMILES string of the molecule is O=[N+]([O-])c1ccc(/C=N\NC(=S)N[C@@H]2C[C@@H]3C=C[C@@H]2C3)cc1. The normalized spacial score (nSPS) is 25.5. The Morgan fingerprint density at radius 3 is 2.68 bits per heavy atom. The van der Waals surface area contributed by atoms with E-state index in [2.05, 4.69) is 28.0 Å². The second-order valence-corrected chi connectivity index (χ2v) is 5.99. The lowest BCUT2D eigenvalue weighted by Crippen LogP contribution is -2.42. The summed E-state index contributed by atoms with van der Waals surface area (Å²) >= 11 is 5.23. The van der Waals surface area contributed by atoms with Gasteiger partial charge in [-0.2, -0.15) is 5.10 Å². The molecule has 0 amide bonds. The van der Waals surface area contributed by atoms with Crippen LogP contribution in [0.5, 0.6) is 0 Å². The average Bonchev–Trinajstić information content (AvgIpc) is 3.10. The first-order chi connectivity index (χ1) is 10.6. The smallest absolute Gasteiger partial charge is 0.269 e. The summed E-state index contributed by atoms with van der Waals surface area (Å²) in [6.07, 6.45) is 8.46. The van der Waals surface area contributed by atoms with Crippen LogP contribution in [0.25, 0.3) is 0 Å². The molecule has 0 radical (unpaired) electrons. The number of fused-ring (bicyclic) bond motifs is 2. The zero-order chi connectivity index (χ0) is 15.5. The zero-order valence-corrected chi connectivity index (χ0v) is 12.6. The predicted octanol–water partition coefficient (Wildman–Crippen LogP) is 2.36. The Morgan fingerprint density at radius 2 is 2.09 bits per heavy atom. The quantitative estimate of drug-likeness (QED) is 0.293. The lowest BCUT2D eigenvalue weighted by Gasteiger charge is -2.20. The van der Waals surface area contributed by atoms with Crippen LogP contribution in [-0.4, -0.2) is 22.3 Å². The van der Waals surface area contributed by atoms with Crippen LogP contribution < -0.4 is 10.7 Å². The lowest BCUT2D eigenvalue weighted by atomic mass is 10.0. The van der Waals surface area contributed by atoms with Gasteiger partial charge >= 0.3 is 0 Å². The van der Waals surface area contributed by atoms with Gasteiger partial charge in [0.2, 0.25) is 0 Å². The summed E-state index contributed by atoms with van der Waals surface area (Å²) in [5, 5.41) is 18.4. The average molecular weight is 316 g/mol. The molecule has 0 heterocycles. The van der Waals surface area contributed by atoms with Crippen LogP contribution in [0, 0.1) is 22.0 Å². The third-order valence-corrected chi connectivity index (χ3v) is 4.29. The predicted molar refractivity (Wildman–Crippen MR) is 88.7 cm³/mol. The van der Waals surface area contributed by atoms with Gasteiger partial charge < -0.3 is 5.32 Å². The highest BCUT2D eigenvalue weighted by Gasteiger charge is 2.35. The number of benzene rings is 1. The molecule has 3 atom stereocenters. The molecule has 2 bridgehead atoms. The maximum atomic E-state index is 10.6. The molecule has 0 saturated heterocycles. The number of hydrogen-bond acceptors (Lipinski definition) is 4. The van der Waals surface area contributed by atoms with Crippen LogP contribution in [0.4, 0.5) is 5.69 Å². The highest BCUT2D eigenvalue weighted by molar-refractivity contribution is 7.80. The van der Waals surface area contributed by atoms with Crippen LogP contribution in [0.3, 0.4) is 0 Å². The molecule has 1 saturated carbocycles. The first-order valence-corrected chi connectivity index (χ1v) is 7.55. The van der Waals surface area contributed by atoms with Crippen LogP contribution >= 0.6 is 12.2 Å². The molecule has 0 aliphatic heterocycles. The summed E-state index contributed by atoms with van der Waals surface area (Å²) in [4.78, 5) is 10.1. The van der Waals surface area contributed by atoms with Crippen LogP contribution in [0.2, 0.25) is 0 Å². The molecule has 2 aliphatic carbocycles. The van der Waals surface area contributed by atoms with E-state index < -0.39 is 4.92 Å². The highest BCUT2D eigenvalue weighted by Crippen LogP contribution is 2.38. The van der Waals surface area contributed by atoms with Crippen molar-refractivity contribution in [3.05, 3.63) is 52.1 Å². The van der Waals surface area contributed by atoms with Gasteiger partial charge in [-0.25, -0.2) is 0 Å². The largest absolute Gasteiger partial charge is 0.358 e. The van der Waals surface area contributed by atoms with Gasteiger partial charge in [-0.3, -0.25) is 15.5 Å². The van der Waals surface area contributed by atoms with Crippen molar-refractivity contribution in [2.45, 2.75) is 18.9 Å². The summed E-state index contributed by atoms with van der Waals surface area (Å²) in [5.74, 6) is 1.26. The molecule has 2 N–H and O–H groups in total. The Hall–Kier alpha value is -2.28. The third kappa shape index (κ3) is 3.30. The molecule has 3 rings (SSSR count). The number of nitro benzene ring substituents is 1. The number of nitro groups is 1. The van der Waals surface area contributed by atoms with E-state index in [9.17, 15) is 10.1 Å². The van der Waals surface area contributed by atoms with Crippen molar-refractivity contribution in [1.29, 1.82) is 0 Å². The molecule has 0 spiro atoms. The second kappa shape index (κ2) is 6.23. The van der Waals surface area contributed by atoms with Gasteiger partial charge in [0.1, 0.15) is 0 Å². The Kier molecular flexibility index (Phi) is 4.15. The van der Waals surface area contributed by atoms with Crippen LogP contribution in [0.15, 0.2) is 41.5 Å². The fourth-order valence-corrected chi connectivity index (χ4v) is 3.20. The Bertz CT molecular complexity index is 641. The van der Waals surface area contributed by atoms with Crippen molar-refractivity contribution in [3.8, 4) is 0 Å². The summed E-state index contributed by atoms with van der Waals surface area (Å²) < 4.78 is 0. The fourth-order valence-electron chi connectivity index (χ4n) is 2.99. The summed E-state index contributed by atoms with van der Waals surface area (Å²) in [7, 11) is 0. The number of nitrogens with zero attached hydrogens (tertiary/aromatic N) is 2. The van der Waals surface area contributed by atoms with E-state index in [1.54, 1.807) is 18.3 Å². The van der Waals surface area contributed by atoms with E-state index >= 15 is 0 Å². The highest BCUT2D eigenvalue weighted by atomic mass is 32.1. The molecule has 114 valence electrons. The van der Waals surface area contributed by atoms with E-state index in [1.807, 2.05) is 0 Å². The Morgan fingerprint density at radius 1 is 1.32 bits per heavy atom. The molecule has 0 aromatic heterocycles. The number of rotatable bonds is 4. The van der Waals surface area contributed by atoms with Gasteiger partial charge in [0.05, 0.1) is 11.1 Å². The van der Waals surface area contributed by atoms with E-state index in [1.165, 1.54) is 18.6 Å². The standard InChI is InChI=1S/C15H16N4O2S/c20-19(21)13-5-2-10(3-6-13)9-16-18-15(22)17-14-8-11-1-4-12(14)7-11/h1-6,9,11-12,14H,7-8H2,(H2,17,18,22)/b16-9-/t11-,12-,14-/m1/s1. The van der Waals surface area contributed by atoms with E-state index in [-0.39, 0.29) is 5.69 Å². The molecule has 0 unspecified atom stereocenters. The monoisotopic (exact) mass is 316 g/mol. The summed E-state index contributed by atoms with van der Waals surface area (Å²) in [6.45, 7) is 0.